The normalized spacial score (nSPS) is 18.3. The molecule has 1 aromatic rings. The number of hydrogen-bond acceptors (Lipinski definition) is 4. The van der Waals surface area contributed by atoms with E-state index in [0.29, 0.717) is 11.8 Å². The Kier molecular flexibility index (Phi) is 9.05. The number of rotatable bonds is 9. The third-order valence-electron chi connectivity index (χ3n) is 6.05. The second kappa shape index (κ2) is 11.1. The molecule has 2 atom stereocenters. The number of carbonyl (C=O) groups is 3. The Bertz CT molecular complexity index is 845. The fraction of sp³-hybridized carbons (Fsp3) is 0.625. The Morgan fingerprint density at radius 2 is 1.88 bits per heavy atom. The number of benzene rings is 1. The highest BCUT2D eigenvalue weighted by Crippen LogP contribution is 2.38. The zero-order valence-electron chi connectivity index (χ0n) is 19.3. The van der Waals surface area contributed by atoms with E-state index in [0.717, 1.165) is 0 Å². The zero-order valence-corrected chi connectivity index (χ0v) is 19.3. The third kappa shape index (κ3) is 7.84. The first-order valence-corrected chi connectivity index (χ1v) is 11.2. The summed E-state index contributed by atoms with van der Waals surface area (Å²) in [5.41, 5.74) is 0.255. The van der Waals surface area contributed by atoms with E-state index in [9.17, 15) is 27.6 Å². The molecule has 1 fully saturated rings. The molecule has 0 radical (unpaired) electrons. The van der Waals surface area contributed by atoms with Crippen LogP contribution in [0.5, 0.6) is 0 Å². The van der Waals surface area contributed by atoms with Gasteiger partial charge in [-0.05, 0) is 48.3 Å². The van der Waals surface area contributed by atoms with Crippen LogP contribution in [0.2, 0.25) is 0 Å². The minimum atomic E-state index is -2.80. The molecule has 6 nitrogen and oxygen atoms in total. The number of hydrogen-bond donors (Lipinski definition) is 3. The minimum absolute atomic E-state index is 0.0519. The molecule has 1 saturated carbocycles. The largest absolute Gasteiger partial charge is 0.396 e. The lowest BCUT2D eigenvalue weighted by Gasteiger charge is -2.33. The summed E-state index contributed by atoms with van der Waals surface area (Å²) < 4.78 is 41.8. The van der Waals surface area contributed by atoms with Crippen LogP contribution in [0.25, 0.3) is 0 Å². The van der Waals surface area contributed by atoms with Crippen molar-refractivity contribution >= 4 is 23.8 Å². The van der Waals surface area contributed by atoms with Crippen molar-refractivity contribution in [3.63, 3.8) is 0 Å². The molecule has 9 heteroatoms. The van der Waals surface area contributed by atoms with Gasteiger partial charge in [0, 0.05) is 30.9 Å². The highest BCUT2D eigenvalue weighted by molar-refractivity contribution is 5.97. The minimum Gasteiger partial charge on any atom is -0.396 e. The molecule has 0 aromatic heterocycles. The van der Waals surface area contributed by atoms with E-state index in [-0.39, 0.29) is 44.2 Å². The molecular weight excluding hydrogens is 437 g/mol. The fourth-order valence-corrected chi connectivity index (χ4v) is 3.98. The lowest BCUT2D eigenvalue weighted by Crippen LogP contribution is -2.50. The lowest BCUT2D eigenvalue weighted by atomic mass is 9.81. The number of nitrogens with one attached hydrogen (secondary N) is 2. The summed E-state index contributed by atoms with van der Waals surface area (Å²) >= 11 is 0. The molecule has 1 aliphatic rings. The van der Waals surface area contributed by atoms with Gasteiger partial charge in [-0.25, -0.2) is 13.2 Å². The second-order valence-electron chi connectivity index (χ2n) is 9.79. The molecule has 2 rings (SSSR count). The molecule has 0 heterocycles. The molecule has 3 N–H and O–H groups in total. The average Bonchev–Trinajstić information content (AvgIpc) is 2.72. The predicted molar refractivity (Wildman–Crippen MR) is 118 cm³/mol. The summed E-state index contributed by atoms with van der Waals surface area (Å²) in [5, 5.41) is 14.3. The Labute approximate surface area is 192 Å². The molecule has 2 amide bonds. The molecule has 1 aliphatic carbocycles. The number of aliphatic hydroxyl groups is 1. The summed E-state index contributed by atoms with van der Waals surface area (Å²) in [4.78, 5) is 36.3. The van der Waals surface area contributed by atoms with Crippen LogP contribution in [0, 0.1) is 17.7 Å². The molecule has 1 aromatic carbocycles. The van der Waals surface area contributed by atoms with Crippen molar-refractivity contribution in [3.8, 4) is 0 Å². The fourth-order valence-electron chi connectivity index (χ4n) is 3.98. The van der Waals surface area contributed by atoms with Crippen LogP contribution < -0.4 is 10.6 Å². The summed E-state index contributed by atoms with van der Waals surface area (Å²) in [5.74, 6) is -5.63. The van der Waals surface area contributed by atoms with Gasteiger partial charge in [-0.2, -0.15) is 0 Å². The molecule has 0 spiro atoms. The molecule has 0 bridgehead atoms. The van der Waals surface area contributed by atoms with Crippen LogP contribution in [0.1, 0.15) is 64.9 Å². The second-order valence-corrected chi connectivity index (χ2v) is 9.79. The molecule has 1 unspecified atom stereocenters. The quantitative estimate of drug-likeness (QED) is 0.476. The van der Waals surface area contributed by atoms with Gasteiger partial charge in [0.25, 0.3) is 0 Å². The Morgan fingerprint density at radius 3 is 2.39 bits per heavy atom. The van der Waals surface area contributed by atoms with Gasteiger partial charge in [0.15, 0.2) is 0 Å². The highest BCUT2D eigenvalue weighted by Gasteiger charge is 2.40. The first kappa shape index (κ1) is 26.8. The maximum atomic E-state index is 14.5. The van der Waals surface area contributed by atoms with Gasteiger partial charge in [0.2, 0.25) is 17.7 Å². The van der Waals surface area contributed by atoms with E-state index in [1.807, 2.05) is 20.8 Å². The topological polar surface area (TPSA) is 95.5 Å². The average molecular weight is 471 g/mol. The van der Waals surface area contributed by atoms with E-state index in [4.69, 9.17) is 5.11 Å². The first-order valence-electron chi connectivity index (χ1n) is 11.2. The van der Waals surface area contributed by atoms with Crippen molar-refractivity contribution in [1.82, 2.24) is 5.32 Å². The number of amides is 2. The van der Waals surface area contributed by atoms with Gasteiger partial charge in [0.05, 0.1) is 6.61 Å². The summed E-state index contributed by atoms with van der Waals surface area (Å²) in [7, 11) is 0. The lowest BCUT2D eigenvalue weighted by molar-refractivity contribution is -0.129. The van der Waals surface area contributed by atoms with Gasteiger partial charge < -0.3 is 20.5 Å². The highest BCUT2D eigenvalue weighted by atomic mass is 19.3. The van der Waals surface area contributed by atoms with Crippen LogP contribution in [0.3, 0.4) is 0 Å². The number of aliphatic hydroxyl groups excluding tert-OH is 1. The van der Waals surface area contributed by atoms with Crippen LogP contribution in [-0.4, -0.2) is 41.8 Å². The molecule has 184 valence electrons. The Balaban J connectivity index is 2.15. The summed E-state index contributed by atoms with van der Waals surface area (Å²) in [6, 6.07) is 3.25. The van der Waals surface area contributed by atoms with Crippen molar-refractivity contribution in [2.75, 3.05) is 11.9 Å². The Hall–Kier alpha value is -2.42. The van der Waals surface area contributed by atoms with Gasteiger partial charge in [-0.3, -0.25) is 9.59 Å². The van der Waals surface area contributed by atoms with E-state index in [2.05, 4.69) is 10.6 Å². The van der Waals surface area contributed by atoms with Crippen LogP contribution >= 0.6 is 0 Å². The maximum absolute atomic E-state index is 14.5. The SMILES string of the molecule is CC(C)(C)c1ccc(NC(=O)[C@H](NC(=O)CCC(C=O)CO)C2CCC(F)(F)CC2)cc1F. The Morgan fingerprint density at radius 1 is 1.24 bits per heavy atom. The maximum Gasteiger partial charge on any atom is 0.248 e. The van der Waals surface area contributed by atoms with E-state index >= 15 is 0 Å². The van der Waals surface area contributed by atoms with Crippen LogP contribution in [0.15, 0.2) is 18.2 Å². The molecule has 0 aliphatic heterocycles. The van der Waals surface area contributed by atoms with E-state index in [1.54, 1.807) is 12.1 Å². The van der Waals surface area contributed by atoms with Gasteiger partial charge in [-0.15, -0.1) is 0 Å². The molecule has 33 heavy (non-hydrogen) atoms. The molecular formula is C24H33F3N2O4. The number of alkyl halides is 2. The predicted octanol–water partition coefficient (Wildman–Crippen LogP) is 3.96. The zero-order chi connectivity index (χ0) is 24.8. The smallest absolute Gasteiger partial charge is 0.248 e. The monoisotopic (exact) mass is 470 g/mol. The number of anilines is 1. The van der Waals surface area contributed by atoms with Gasteiger partial charge >= 0.3 is 0 Å². The third-order valence-corrected chi connectivity index (χ3v) is 6.05. The van der Waals surface area contributed by atoms with Crippen molar-refractivity contribution in [2.45, 2.75) is 76.7 Å². The van der Waals surface area contributed by atoms with E-state index < -0.39 is 53.5 Å². The van der Waals surface area contributed by atoms with Crippen molar-refractivity contribution in [2.24, 2.45) is 11.8 Å². The van der Waals surface area contributed by atoms with Crippen molar-refractivity contribution in [3.05, 3.63) is 29.6 Å². The van der Waals surface area contributed by atoms with Gasteiger partial charge in [0.1, 0.15) is 18.1 Å². The number of halogens is 3. The van der Waals surface area contributed by atoms with Gasteiger partial charge in [-0.1, -0.05) is 26.8 Å². The van der Waals surface area contributed by atoms with E-state index in [1.165, 1.54) is 6.07 Å². The van der Waals surface area contributed by atoms with Crippen molar-refractivity contribution < 1.29 is 32.7 Å². The summed E-state index contributed by atoms with van der Waals surface area (Å²) in [6.07, 6.45) is -0.120. The molecule has 0 saturated heterocycles. The standard InChI is InChI=1S/C24H33F3N2O4/c1-23(2,3)18-6-5-17(12-19(18)25)28-22(33)21(16-8-10-24(26,27)11-9-16)29-20(32)7-4-15(13-30)14-31/h5-6,12-13,15-16,21,31H,4,7-11,14H2,1-3H3,(H,28,33)(H,29,32)/t15?,21-/m1/s1. The van der Waals surface area contributed by atoms with Crippen LogP contribution in [-0.2, 0) is 19.8 Å². The van der Waals surface area contributed by atoms with Crippen LogP contribution in [0.4, 0.5) is 18.9 Å². The van der Waals surface area contributed by atoms with Crippen molar-refractivity contribution in [1.29, 1.82) is 0 Å². The number of aldehydes is 1. The number of carbonyl (C=O) groups excluding carboxylic acids is 3. The first-order chi connectivity index (χ1) is 15.4. The summed E-state index contributed by atoms with van der Waals surface area (Å²) in [6.45, 7) is 5.19.